The van der Waals surface area contributed by atoms with Gasteiger partial charge < -0.3 is 14.2 Å². The van der Waals surface area contributed by atoms with Crippen LogP contribution in [0.2, 0.25) is 0 Å². The monoisotopic (exact) mass is 517 g/mol. The van der Waals surface area contributed by atoms with Crippen LogP contribution >= 0.6 is 11.3 Å². The third kappa shape index (κ3) is 5.82. The molecule has 1 aromatic carbocycles. The number of aromatic nitrogens is 2. The number of sulfone groups is 1. The van der Waals surface area contributed by atoms with E-state index in [1.165, 1.54) is 35.6 Å². The fourth-order valence-corrected chi connectivity index (χ4v) is 6.59. The molecule has 1 saturated heterocycles. The number of nitrogens with zero attached hydrogens (tertiary/aromatic N) is 3. The van der Waals surface area contributed by atoms with Crippen molar-refractivity contribution in [2.24, 2.45) is 5.92 Å². The second-order valence-electron chi connectivity index (χ2n) is 9.27. The van der Waals surface area contributed by atoms with Crippen LogP contribution in [0, 0.1) is 11.7 Å². The zero-order valence-corrected chi connectivity index (χ0v) is 20.9. The Labute approximate surface area is 208 Å². The Morgan fingerprint density at radius 1 is 1.20 bits per heavy atom. The third-order valence-corrected chi connectivity index (χ3v) is 8.86. The smallest absolute Gasteiger partial charge is 0.264 e. The molecule has 0 bridgehead atoms. The molecule has 0 N–H and O–H groups in total. The van der Waals surface area contributed by atoms with E-state index in [0.29, 0.717) is 41.7 Å². The Morgan fingerprint density at radius 2 is 2.00 bits per heavy atom. The highest BCUT2D eigenvalue weighted by molar-refractivity contribution is 7.90. The van der Waals surface area contributed by atoms with Gasteiger partial charge in [-0.15, -0.1) is 11.3 Å². The van der Waals surface area contributed by atoms with Crippen molar-refractivity contribution in [1.29, 1.82) is 0 Å². The molecule has 10 heteroatoms. The van der Waals surface area contributed by atoms with E-state index in [1.54, 1.807) is 10.8 Å². The van der Waals surface area contributed by atoms with Crippen molar-refractivity contribution in [3.8, 4) is 0 Å². The predicted molar refractivity (Wildman–Crippen MR) is 130 cm³/mol. The van der Waals surface area contributed by atoms with Crippen molar-refractivity contribution >= 4 is 27.1 Å². The van der Waals surface area contributed by atoms with Gasteiger partial charge in [-0.05, 0) is 60.7 Å². The van der Waals surface area contributed by atoms with Gasteiger partial charge in [-0.25, -0.2) is 17.8 Å². The van der Waals surface area contributed by atoms with Crippen LogP contribution in [-0.2, 0) is 33.4 Å². The van der Waals surface area contributed by atoms with E-state index in [1.807, 2.05) is 22.4 Å². The van der Waals surface area contributed by atoms with Gasteiger partial charge in [0, 0.05) is 13.2 Å². The summed E-state index contributed by atoms with van der Waals surface area (Å²) in [6.07, 6.45) is 5.43. The molecule has 0 radical (unpaired) electrons. The SMILES string of the molecule is O=C(c1cccs1)N(Cc1cnc(S(=O)(=O)Cc2ccc(F)cc2)n1CC1CCCO1)CC1CC1. The standard InChI is InChI=1S/C25H28FN3O4S2/c26-20-9-7-19(8-10-20)17-35(31,32)25-27-13-21(29(25)16-22-3-1-11-33-22)15-28(14-18-5-6-18)24(30)23-4-2-12-34-23/h2,4,7-10,12-13,18,22H,1,3,5-6,11,14-17H2. The molecule has 2 fully saturated rings. The van der Waals surface area contributed by atoms with E-state index in [-0.39, 0.29) is 29.5 Å². The molecule has 5 rings (SSSR count). The topological polar surface area (TPSA) is 81.5 Å². The number of benzene rings is 1. The van der Waals surface area contributed by atoms with E-state index < -0.39 is 15.7 Å². The summed E-state index contributed by atoms with van der Waals surface area (Å²) >= 11 is 1.40. The van der Waals surface area contributed by atoms with E-state index >= 15 is 0 Å². The lowest BCUT2D eigenvalue weighted by Crippen LogP contribution is -2.33. The lowest BCUT2D eigenvalue weighted by atomic mass is 10.2. The van der Waals surface area contributed by atoms with Gasteiger partial charge in [-0.2, -0.15) is 0 Å². The van der Waals surface area contributed by atoms with Crippen molar-refractivity contribution in [3.63, 3.8) is 0 Å². The first kappa shape index (κ1) is 24.1. The molecule has 1 unspecified atom stereocenters. The molecule has 35 heavy (non-hydrogen) atoms. The Kier molecular flexibility index (Phi) is 7.04. The number of imidazole rings is 1. The van der Waals surface area contributed by atoms with Gasteiger partial charge in [0.2, 0.25) is 15.0 Å². The molecule has 2 aromatic heterocycles. The fourth-order valence-electron chi connectivity index (χ4n) is 4.40. The summed E-state index contributed by atoms with van der Waals surface area (Å²) in [6, 6.07) is 9.11. The van der Waals surface area contributed by atoms with Crippen LogP contribution in [0.5, 0.6) is 0 Å². The Hall–Kier alpha value is -2.56. The molecule has 1 aliphatic carbocycles. The first-order valence-electron chi connectivity index (χ1n) is 11.8. The lowest BCUT2D eigenvalue weighted by Gasteiger charge is -2.24. The maximum atomic E-state index is 13.4. The summed E-state index contributed by atoms with van der Waals surface area (Å²) in [6.45, 7) is 1.92. The summed E-state index contributed by atoms with van der Waals surface area (Å²) in [7, 11) is -3.82. The molecule has 1 atom stereocenters. The second kappa shape index (κ2) is 10.2. The molecule has 2 aliphatic rings. The van der Waals surface area contributed by atoms with Crippen LogP contribution in [0.1, 0.15) is 46.6 Å². The second-order valence-corrected chi connectivity index (χ2v) is 12.1. The number of thiophene rings is 1. The molecule has 7 nitrogen and oxygen atoms in total. The zero-order chi connectivity index (χ0) is 24.4. The van der Waals surface area contributed by atoms with Crippen molar-refractivity contribution in [1.82, 2.24) is 14.5 Å². The van der Waals surface area contributed by atoms with Crippen molar-refractivity contribution in [2.75, 3.05) is 13.2 Å². The molecule has 0 spiro atoms. The van der Waals surface area contributed by atoms with E-state index in [9.17, 15) is 17.6 Å². The number of hydrogen-bond acceptors (Lipinski definition) is 6. The van der Waals surface area contributed by atoms with Crippen LogP contribution < -0.4 is 0 Å². The van der Waals surface area contributed by atoms with Gasteiger partial charge in [0.15, 0.2) is 0 Å². The largest absolute Gasteiger partial charge is 0.376 e. The first-order chi connectivity index (χ1) is 16.9. The number of rotatable bonds is 10. The zero-order valence-electron chi connectivity index (χ0n) is 19.3. The Bertz CT molecular complexity index is 1260. The number of hydrogen-bond donors (Lipinski definition) is 0. The highest BCUT2D eigenvalue weighted by Gasteiger charge is 2.31. The highest BCUT2D eigenvalue weighted by Crippen LogP contribution is 2.31. The van der Waals surface area contributed by atoms with Crippen LogP contribution in [0.25, 0.3) is 0 Å². The molecule has 3 heterocycles. The summed E-state index contributed by atoms with van der Waals surface area (Å²) in [4.78, 5) is 20.0. The molecular weight excluding hydrogens is 489 g/mol. The van der Waals surface area contributed by atoms with Crippen LogP contribution in [0.15, 0.2) is 53.1 Å². The summed E-state index contributed by atoms with van der Waals surface area (Å²) in [5.41, 5.74) is 1.16. The van der Waals surface area contributed by atoms with Crippen molar-refractivity contribution < 1.29 is 22.3 Å². The maximum absolute atomic E-state index is 13.4. The van der Waals surface area contributed by atoms with Gasteiger partial charge in [0.05, 0.1) is 41.7 Å². The van der Waals surface area contributed by atoms with Crippen molar-refractivity contribution in [3.05, 3.63) is 69.9 Å². The molecule has 186 valence electrons. The Balaban J connectivity index is 1.45. The molecule has 1 aliphatic heterocycles. The predicted octanol–water partition coefficient (Wildman–Crippen LogP) is 4.29. The molecular formula is C25H28FN3O4S2. The van der Waals surface area contributed by atoms with Gasteiger partial charge in [0.1, 0.15) is 5.82 Å². The normalized spacial score (nSPS) is 18.1. The van der Waals surface area contributed by atoms with Gasteiger partial charge in [-0.1, -0.05) is 18.2 Å². The number of ether oxygens (including phenoxy) is 1. The number of amides is 1. The Morgan fingerprint density at radius 3 is 2.66 bits per heavy atom. The summed E-state index contributed by atoms with van der Waals surface area (Å²) in [5.74, 6) is -0.267. The van der Waals surface area contributed by atoms with Gasteiger partial charge >= 0.3 is 0 Å². The average molecular weight is 518 g/mol. The molecule has 1 amide bonds. The van der Waals surface area contributed by atoms with Crippen LogP contribution in [0.4, 0.5) is 4.39 Å². The van der Waals surface area contributed by atoms with Crippen molar-refractivity contribution in [2.45, 2.75) is 55.8 Å². The minimum Gasteiger partial charge on any atom is -0.376 e. The fraction of sp³-hybridized carbons (Fsp3) is 0.440. The molecule has 3 aromatic rings. The van der Waals surface area contributed by atoms with Crippen LogP contribution in [0.3, 0.4) is 0 Å². The average Bonchev–Trinajstić information content (AvgIpc) is 3.24. The first-order valence-corrected chi connectivity index (χ1v) is 14.4. The van der Waals surface area contributed by atoms with Crippen LogP contribution in [-0.4, -0.2) is 48.0 Å². The van der Waals surface area contributed by atoms with Gasteiger partial charge in [0.25, 0.3) is 5.91 Å². The van der Waals surface area contributed by atoms with E-state index in [4.69, 9.17) is 4.74 Å². The minimum atomic E-state index is -3.82. The number of carbonyl (C=O) groups excluding carboxylic acids is 1. The quantitative estimate of drug-likeness (QED) is 0.401. The van der Waals surface area contributed by atoms with E-state index in [0.717, 1.165) is 25.7 Å². The summed E-state index contributed by atoms with van der Waals surface area (Å²) in [5, 5.41) is 1.84. The molecule has 1 saturated carbocycles. The maximum Gasteiger partial charge on any atom is 0.264 e. The number of carbonyl (C=O) groups is 1. The highest BCUT2D eigenvalue weighted by atomic mass is 32.2. The van der Waals surface area contributed by atoms with Gasteiger partial charge in [-0.3, -0.25) is 4.79 Å². The summed E-state index contributed by atoms with van der Waals surface area (Å²) < 4.78 is 47.6. The lowest BCUT2D eigenvalue weighted by molar-refractivity contribution is 0.0728. The number of halogens is 1. The van der Waals surface area contributed by atoms with E-state index in [2.05, 4.69) is 4.98 Å². The minimum absolute atomic E-state index is 0.0396. The third-order valence-electron chi connectivity index (χ3n) is 6.41.